The summed E-state index contributed by atoms with van der Waals surface area (Å²) in [5.41, 5.74) is 5.83. The molecule has 0 unspecified atom stereocenters. The van der Waals surface area contributed by atoms with Gasteiger partial charge >= 0.3 is 0 Å². The summed E-state index contributed by atoms with van der Waals surface area (Å²) in [5.74, 6) is 5.85. The Bertz CT molecular complexity index is 666. The van der Waals surface area contributed by atoms with Crippen molar-refractivity contribution in [3.63, 3.8) is 0 Å². The molecule has 0 bridgehead atoms. The molecule has 0 aliphatic heterocycles. The molecule has 0 aromatic heterocycles. The summed E-state index contributed by atoms with van der Waals surface area (Å²) in [6, 6.07) is 2.96. The summed E-state index contributed by atoms with van der Waals surface area (Å²) < 4.78 is 27.2. The number of nitrogens with one attached hydrogen (secondary N) is 1. The fourth-order valence-electron chi connectivity index (χ4n) is 2.04. The molecule has 1 aliphatic rings. The molecular weight excluding hydrogens is 331 g/mol. The quantitative estimate of drug-likeness (QED) is 0.822. The first kappa shape index (κ1) is 16.6. The monoisotopic (exact) mass is 346 g/mol. The van der Waals surface area contributed by atoms with Gasteiger partial charge in [-0.1, -0.05) is 41.5 Å². The molecule has 0 spiro atoms. The van der Waals surface area contributed by atoms with Gasteiger partial charge in [-0.15, -0.1) is 0 Å². The van der Waals surface area contributed by atoms with Gasteiger partial charge in [-0.05, 0) is 30.9 Å². The molecule has 7 heteroatoms. The molecule has 0 radical (unpaired) electrons. The summed E-state index contributed by atoms with van der Waals surface area (Å²) in [7, 11) is -3.72. The van der Waals surface area contributed by atoms with Gasteiger partial charge < -0.3 is 5.73 Å². The summed E-state index contributed by atoms with van der Waals surface area (Å²) in [4.78, 5) is -0.0940. The smallest absolute Gasteiger partial charge is 0.243 e. The van der Waals surface area contributed by atoms with E-state index >= 15 is 0 Å². The molecule has 1 aliphatic carbocycles. The number of nitrogens with two attached hydrogens (primary N) is 1. The zero-order valence-corrected chi connectivity index (χ0v) is 13.7. The average molecular weight is 347 g/mol. The van der Waals surface area contributed by atoms with E-state index in [0.29, 0.717) is 18.0 Å². The Morgan fingerprint density at radius 3 is 2.38 bits per heavy atom. The van der Waals surface area contributed by atoms with E-state index in [2.05, 4.69) is 16.6 Å². The predicted octanol–water partition coefficient (Wildman–Crippen LogP) is 2.38. The van der Waals surface area contributed by atoms with Gasteiger partial charge in [0.15, 0.2) is 0 Å². The van der Waals surface area contributed by atoms with E-state index in [1.165, 1.54) is 12.1 Å². The maximum Gasteiger partial charge on any atom is 0.243 e. The molecule has 0 heterocycles. The van der Waals surface area contributed by atoms with Crippen molar-refractivity contribution in [1.29, 1.82) is 0 Å². The summed E-state index contributed by atoms with van der Waals surface area (Å²) in [6.45, 7) is 0.627. The number of rotatable bonds is 4. The molecule has 2 rings (SSSR count). The molecule has 1 fully saturated rings. The SMILES string of the molecule is NCC#Cc1cc(Cl)c(S(=O)(=O)NCC2CCC2)c(Cl)c1. The van der Waals surface area contributed by atoms with Gasteiger partial charge in [0.2, 0.25) is 10.0 Å². The Kier molecular flexibility index (Phi) is 5.53. The van der Waals surface area contributed by atoms with Crippen molar-refractivity contribution >= 4 is 33.2 Å². The van der Waals surface area contributed by atoms with E-state index in [1.807, 2.05) is 0 Å². The van der Waals surface area contributed by atoms with Gasteiger partial charge in [0.25, 0.3) is 0 Å². The second kappa shape index (κ2) is 6.99. The predicted molar refractivity (Wildman–Crippen MR) is 84.9 cm³/mol. The van der Waals surface area contributed by atoms with E-state index in [-0.39, 0.29) is 21.5 Å². The molecule has 1 aromatic rings. The van der Waals surface area contributed by atoms with Crippen LogP contribution < -0.4 is 10.5 Å². The number of halogens is 2. The van der Waals surface area contributed by atoms with Crippen LogP contribution in [-0.4, -0.2) is 21.5 Å². The second-order valence-electron chi connectivity index (χ2n) is 4.92. The molecule has 1 aromatic carbocycles. The maximum atomic E-state index is 12.3. The van der Waals surface area contributed by atoms with Crippen LogP contribution in [0.15, 0.2) is 17.0 Å². The van der Waals surface area contributed by atoms with Gasteiger partial charge in [0, 0.05) is 12.1 Å². The van der Waals surface area contributed by atoms with Crippen molar-refractivity contribution in [2.24, 2.45) is 11.7 Å². The Morgan fingerprint density at radius 1 is 1.29 bits per heavy atom. The Labute approximate surface area is 135 Å². The lowest BCUT2D eigenvalue weighted by atomic mass is 9.86. The van der Waals surface area contributed by atoms with Crippen LogP contribution in [-0.2, 0) is 10.0 Å². The lowest BCUT2D eigenvalue weighted by Gasteiger charge is -2.25. The van der Waals surface area contributed by atoms with E-state index in [9.17, 15) is 8.42 Å². The summed E-state index contributed by atoms with van der Waals surface area (Å²) in [6.07, 6.45) is 3.26. The minimum atomic E-state index is -3.72. The summed E-state index contributed by atoms with van der Waals surface area (Å²) >= 11 is 12.1. The first-order valence-corrected chi connectivity index (χ1v) is 8.85. The van der Waals surface area contributed by atoms with Crippen LogP contribution in [0.3, 0.4) is 0 Å². The van der Waals surface area contributed by atoms with Crippen molar-refractivity contribution in [2.75, 3.05) is 13.1 Å². The topological polar surface area (TPSA) is 72.2 Å². The zero-order chi connectivity index (χ0) is 15.5. The van der Waals surface area contributed by atoms with E-state index < -0.39 is 10.0 Å². The van der Waals surface area contributed by atoms with Crippen LogP contribution >= 0.6 is 23.2 Å². The van der Waals surface area contributed by atoms with Crippen LogP contribution in [0.5, 0.6) is 0 Å². The Hall–Kier alpha value is -0.770. The van der Waals surface area contributed by atoms with Crippen molar-refractivity contribution in [3.05, 3.63) is 27.7 Å². The van der Waals surface area contributed by atoms with Gasteiger partial charge in [-0.3, -0.25) is 0 Å². The minimum absolute atomic E-state index is 0.0601. The Morgan fingerprint density at radius 2 is 1.90 bits per heavy atom. The number of benzene rings is 1. The highest BCUT2D eigenvalue weighted by Crippen LogP contribution is 2.31. The normalized spacial score (nSPS) is 15.2. The van der Waals surface area contributed by atoms with Gasteiger partial charge in [0.05, 0.1) is 16.6 Å². The van der Waals surface area contributed by atoms with Crippen LogP contribution in [0.25, 0.3) is 0 Å². The second-order valence-corrected chi connectivity index (χ2v) is 7.44. The van der Waals surface area contributed by atoms with Crippen molar-refractivity contribution in [1.82, 2.24) is 4.72 Å². The van der Waals surface area contributed by atoms with E-state index in [0.717, 1.165) is 19.3 Å². The standard InChI is InChI=1S/C14H16Cl2N2O2S/c15-12-7-11(5-2-6-17)8-13(16)14(12)21(19,20)18-9-10-3-1-4-10/h7-8,10,18H,1,3-4,6,9,17H2. The first-order valence-electron chi connectivity index (χ1n) is 6.61. The fourth-order valence-corrected chi connectivity index (χ4v) is 4.37. The van der Waals surface area contributed by atoms with Crippen LogP contribution in [0.1, 0.15) is 24.8 Å². The molecule has 1 saturated carbocycles. The molecule has 114 valence electrons. The third-order valence-corrected chi connectivity index (χ3v) is 5.73. The third-order valence-electron chi connectivity index (χ3n) is 3.39. The molecule has 0 atom stereocenters. The Balaban J connectivity index is 2.25. The lowest BCUT2D eigenvalue weighted by molar-refractivity contribution is 0.316. The van der Waals surface area contributed by atoms with Crippen LogP contribution in [0, 0.1) is 17.8 Å². The van der Waals surface area contributed by atoms with Crippen LogP contribution in [0.2, 0.25) is 10.0 Å². The molecule has 4 nitrogen and oxygen atoms in total. The number of sulfonamides is 1. The van der Waals surface area contributed by atoms with Crippen molar-refractivity contribution < 1.29 is 8.42 Å². The molecule has 3 N–H and O–H groups in total. The van der Waals surface area contributed by atoms with Gasteiger partial charge in [-0.2, -0.15) is 0 Å². The highest BCUT2D eigenvalue weighted by molar-refractivity contribution is 7.89. The summed E-state index contributed by atoms with van der Waals surface area (Å²) in [5, 5.41) is 0.120. The molecule has 0 amide bonds. The highest BCUT2D eigenvalue weighted by Gasteiger charge is 2.25. The van der Waals surface area contributed by atoms with E-state index in [1.54, 1.807) is 0 Å². The minimum Gasteiger partial charge on any atom is -0.320 e. The van der Waals surface area contributed by atoms with E-state index in [4.69, 9.17) is 28.9 Å². The van der Waals surface area contributed by atoms with Crippen molar-refractivity contribution in [3.8, 4) is 11.8 Å². The van der Waals surface area contributed by atoms with Crippen LogP contribution in [0.4, 0.5) is 0 Å². The lowest BCUT2D eigenvalue weighted by Crippen LogP contribution is -2.32. The fraction of sp³-hybridized carbons (Fsp3) is 0.429. The number of hydrogen-bond acceptors (Lipinski definition) is 3. The molecule has 0 saturated heterocycles. The molecular formula is C14H16Cl2N2O2S. The van der Waals surface area contributed by atoms with Crippen molar-refractivity contribution in [2.45, 2.75) is 24.2 Å². The number of hydrogen-bond donors (Lipinski definition) is 2. The largest absolute Gasteiger partial charge is 0.320 e. The highest BCUT2D eigenvalue weighted by atomic mass is 35.5. The first-order chi connectivity index (χ1) is 9.94. The average Bonchev–Trinajstić information content (AvgIpc) is 2.33. The third kappa shape index (κ3) is 4.12. The zero-order valence-electron chi connectivity index (χ0n) is 11.3. The van der Waals surface area contributed by atoms with Gasteiger partial charge in [-0.25, -0.2) is 13.1 Å². The maximum absolute atomic E-state index is 12.3. The van der Waals surface area contributed by atoms with Gasteiger partial charge in [0.1, 0.15) is 4.90 Å². The molecule has 21 heavy (non-hydrogen) atoms.